The highest BCUT2D eigenvalue weighted by Crippen LogP contribution is 2.34. The first-order chi connectivity index (χ1) is 14.7. The number of imide groups is 1. The molecule has 0 saturated carbocycles. The van der Waals surface area contributed by atoms with Crippen LogP contribution in [0.1, 0.15) is 19.8 Å². The van der Waals surface area contributed by atoms with Crippen molar-refractivity contribution in [2.24, 2.45) is 0 Å². The molecule has 10 heteroatoms. The van der Waals surface area contributed by atoms with Crippen molar-refractivity contribution in [3.8, 4) is 17.2 Å². The van der Waals surface area contributed by atoms with Crippen LogP contribution in [-0.4, -0.2) is 47.1 Å². The lowest BCUT2D eigenvalue weighted by Gasteiger charge is -2.19. The second kappa shape index (κ2) is 9.36. The van der Waals surface area contributed by atoms with Crippen molar-refractivity contribution in [2.75, 3.05) is 25.7 Å². The molecule has 0 spiro atoms. The van der Waals surface area contributed by atoms with Gasteiger partial charge in [-0.05, 0) is 49.4 Å². The summed E-state index contributed by atoms with van der Waals surface area (Å²) in [6.07, 6.45) is 0.161. The van der Waals surface area contributed by atoms with Gasteiger partial charge in [0, 0.05) is 12.8 Å². The molecule has 1 atom stereocenters. The Hall–Kier alpha value is -3.11. The van der Waals surface area contributed by atoms with E-state index in [2.05, 4.69) is 4.72 Å². The lowest BCUT2D eigenvalue weighted by molar-refractivity contribution is -0.121. The maximum absolute atomic E-state index is 12.9. The van der Waals surface area contributed by atoms with Gasteiger partial charge >= 0.3 is 0 Å². The van der Waals surface area contributed by atoms with Crippen LogP contribution in [0.5, 0.6) is 17.2 Å². The Labute approximate surface area is 181 Å². The predicted molar refractivity (Wildman–Crippen MR) is 113 cm³/mol. The van der Waals surface area contributed by atoms with E-state index in [0.29, 0.717) is 11.5 Å². The Morgan fingerprint density at radius 1 is 0.968 bits per heavy atom. The summed E-state index contributed by atoms with van der Waals surface area (Å²) in [6, 6.07) is 10.4. The lowest BCUT2D eigenvalue weighted by atomic mass is 10.2. The van der Waals surface area contributed by atoms with Crippen molar-refractivity contribution < 1.29 is 32.2 Å². The van der Waals surface area contributed by atoms with Crippen LogP contribution in [0.2, 0.25) is 0 Å². The van der Waals surface area contributed by atoms with Gasteiger partial charge in [-0.2, -0.15) is 0 Å². The van der Waals surface area contributed by atoms with Crippen molar-refractivity contribution in [2.45, 2.75) is 30.7 Å². The summed E-state index contributed by atoms with van der Waals surface area (Å²) in [4.78, 5) is 25.1. The maximum Gasteiger partial charge on any atom is 0.241 e. The van der Waals surface area contributed by atoms with E-state index in [-0.39, 0.29) is 35.8 Å². The van der Waals surface area contributed by atoms with Crippen molar-refractivity contribution in [1.29, 1.82) is 0 Å². The summed E-state index contributed by atoms with van der Waals surface area (Å²) in [5.41, 5.74) is 0.111. The van der Waals surface area contributed by atoms with Gasteiger partial charge < -0.3 is 14.2 Å². The molecule has 0 radical (unpaired) electrons. The smallest absolute Gasteiger partial charge is 0.241 e. The van der Waals surface area contributed by atoms with Gasteiger partial charge in [-0.1, -0.05) is 0 Å². The number of benzene rings is 2. The normalized spacial score (nSPS) is 15.1. The van der Waals surface area contributed by atoms with Gasteiger partial charge in [0.2, 0.25) is 21.8 Å². The third-order valence-corrected chi connectivity index (χ3v) is 6.26. The number of methoxy groups -OCH3 is 2. The number of sulfonamides is 1. The first-order valence-corrected chi connectivity index (χ1v) is 11.1. The van der Waals surface area contributed by atoms with Gasteiger partial charge in [-0.15, -0.1) is 0 Å². The molecule has 0 aromatic heterocycles. The summed E-state index contributed by atoms with van der Waals surface area (Å²) in [5.74, 6) is 0.702. The number of nitrogens with zero attached hydrogens (tertiary/aromatic N) is 1. The fourth-order valence-electron chi connectivity index (χ4n) is 3.12. The van der Waals surface area contributed by atoms with E-state index >= 15 is 0 Å². The minimum atomic E-state index is -3.94. The van der Waals surface area contributed by atoms with E-state index in [9.17, 15) is 18.0 Å². The van der Waals surface area contributed by atoms with E-state index in [1.165, 1.54) is 25.3 Å². The third kappa shape index (κ3) is 5.15. The van der Waals surface area contributed by atoms with Crippen LogP contribution in [-0.2, 0) is 19.6 Å². The Morgan fingerprint density at radius 2 is 1.58 bits per heavy atom. The van der Waals surface area contributed by atoms with Gasteiger partial charge in [0.1, 0.15) is 23.9 Å². The fraction of sp³-hybridized carbons (Fsp3) is 0.333. The molecule has 2 amide bonds. The lowest BCUT2D eigenvalue weighted by Crippen LogP contribution is -2.37. The van der Waals surface area contributed by atoms with Gasteiger partial charge in [0.15, 0.2) is 0 Å². The molecule has 1 heterocycles. The van der Waals surface area contributed by atoms with E-state index < -0.39 is 27.9 Å². The van der Waals surface area contributed by atoms with Gasteiger partial charge in [-0.3, -0.25) is 9.59 Å². The fourth-order valence-corrected chi connectivity index (χ4v) is 4.36. The number of nitrogens with one attached hydrogen (secondary N) is 1. The van der Waals surface area contributed by atoms with Crippen LogP contribution in [0.25, 0.3) is 0 Å². The van der Waals surface area contributed by atoms with E-state index in [1.54, 1.807) is 38.3 Å². The largest absolute Gasteiger partial charge is 0.497 e. The molecule has 0 unspecified atom stereocenters. The van der Waals surface area contributed by atoms with Crippen molar-refractivity contribution >= 4 is 27.5 Å². The molecule has 1 aliphatic heterocycles. The first kappa shape index (κ1) is 22.6. The Bertz CT molecular complexity index is 1050. The topological polar surface area (TPSA) is 111 Å². The van der Waals surface area contributed by atoms with Crippen LogP contribution < -0.4 is 23.8 Å². The number of hydrogen-bond acceptors (Lipinski definition) is 7. The number of carbonyl (C=O) groups is 2. The third-order valence-electron chi connectivity index (χ3n) is 4.67. The molecule has 3 rings (SSSR count). The van der Waals surface area contributed by atoms with Crippen LogP contribution in [0, 0.1) is 0 Å². The number of rotatable bonds is 9. The second-order valence-corrected chi connectivity index (χ2v) is 8.68. The van der Waals surface area contributed by atoms with Gasteiger partial charge in [0.25, 0.3) is 0 Å². The van der Waals surface area contributed by atoms with Gasteiger partial charge in [-0.25, -0.2) is 18.0 Å². The van der Waals surface area contributed by atoms with Crippen LogP contribution in [0.4, 0.5) is 5.69 Å². The summed E-state index contributed by atoms with van der Waals surface area (Å²) in [7, 11) is -0.995. The number of anilines is 1. The second-order valence-electron chi connectivity index (χ2n) is 6.97. The summed E-state index contributed by atoms with van der Waals surface area (Å²) >= 11 is 0. The Morgan fingerprint density at radius 3 is 2.16 bits per heavy atom. The Kier molecular flexibility index (Phi) is 6.81. The molecule has 0 bridgehead atoms. The SMILES string of the molecule is COc1ccc(OC[C@@H](C)NS(=O)(=O)c2ccc(OC)c(N3C(=O)CCC3=O)c2)cc1. The molecule has 1 saturated heterocycles. The Balaban J connectivity index is 1.74. The summed E-state index contributed by atoms with van der Waals surface area (Å²) < 4.78 is 44.2. The molecular weight excluding hydrogens is 424 g/mol. The van der Waals surface area contributed by atoms with E-state index in [0.717, 1.165) is 4.90 Å². The average molecular weight is 448 g/mol. The van der Waals surface area contributed by atoms with Crippen LogP contribution in [0.3, 0.4) is 0 Å². The first-order valence-electron chi connectivity index (χ1n) is 9.58. The molecule has 166 valence electrons. The molecule has 31 heavy (non-hydrogen) atoms. The highest BCUT2D eigenvalue weighted by atomic mass is 32.2. The molecular formula is C21H24N2O7S. The minimum absolute atomic E-state index is 0.0803. The number of amides is 2. The molecule has 2 aromatic rings. The standard InChI is InChI=1S/C21H24N2O7S/c1-14(13-30-16-6-4-15(28-2)5-7-16)22-31(26,27)17-8-9-19(29-3)18(12-17)23-20(24)10-11-21(23)25/h4-9,12,14,22H,10-11,13H2,1-3H3/t14-/m1/s1. The minimum Gasteiger partial charge on any atom is -0.497 e. The zero-order valence-corrected chi connectivity index (χ0v) is 18.3. The van der Waals surface area contributed by atoms with Crippen molar-refractivity contribution in [3.05, 3.63) is 42.5 Å². The van der Waals surface area contributed by atoms with Crippen LogP contribution >= 0.6 is 0 Å². The molecule has 9 nitrogen and oxygen atoms in total. The monoisotopic (exact) mass is 448 g/mol. The maximum atomic E-state index is 12.9. The van der Waals surface area contributed by atoms with E-state index in [4.69, 9.17) is 14.2 Å². The zero-order chi connectivity index (χ0) is 22.6. The molecule has 1 aliphatic rings. The molecule has 0 aliphatic carbocycles. The highest BCUT2D eigenvalue weighted by molar-refractivity contribution is 7.89. The molecule has 1 fully saturated rings. The highest BCUT2D eigenvalue weighted by Gasteiger charge is 2.33. The van der Waals surface area contributed by atoms with E-state index in [1.807, 2.05) is 0 Å². The van der Waals surface area contributed by atoms with Gasteiger partial charge in [0.05, 0.1) is 30.8 Å². The number of ether oxygens (including phenoxy) is 3. The predicted octanol–water partition coefficient (Wildman–Crippen LogP) is 2.10. The van der Waals surface area contributed by atoms with Crippen molar-refractivity contribution in [3.63, 3.8) is 0 Å². The number of hydrogen-bond donors (Lipinski definition) is 1. The van der Waals surface area contributed by atoms with Crippen LogP contribution in [0.15, 0.2) is 47.4 Å². The van der Waals surface area contributed by atoms with Crippen molar-refractivity contribution in [1.82, 2.24) is 4.72 Å². The average Bonchev–Trinajstić information content (AvgIpc) is 3.09. The quantitative estimate of drug-likeness (QED) is 0.585. The molecule has 2 aromatic carbocycles. The summed E-state index contributed by atoms with van der Waals surface area (Å²) in [5, 5.41) is 0. The number of carbonyl (C=O) groups excluding carboxylic acids is 2. The molecule has 1 N–H and O–H groups in total. The summed E-state index contributed by atoms with van der Waals surface area (Å²) in [6.45, 7) is 1.76. The zero-order valence-electron chi connectivity index (χ0n) is 17.5.